The Kier molecular flexibility index (Phi) is 3.48. The fraction of sp³-hybridized carbons (Fsp3) is 0.375. The molecule has 1 N–H and O–H groups in total. The third-order valence-electron chi connectivity index (χ3n) is 2.07. The van der Waals surface area contributed by atoms with E-state index in [1.807, 2.05) is 0 Å². The van der Waals surface area contributed by atoms with Crippen LogP contribution in [-0.4, -0.2) is 36.9 Å². The Morgan fingerprint density at radius 1 is 1.60 bits per heavy atom. The lowest BCUT2D eigenvalue weighted by Crippen LogP contribution is -2.39. The molecular formula is C8H11NO4S2. The maximum Gasteiger partial charge on any atom is 0.321 e. The van der Waals surface area contributed by atoms with Crippen molar-refractivity contribution in [2.24, 2.45) is 0 Å². The van der Waals surface area contributed by atoms with E-state index in [-0.39, 0.29) is 4.90 Å². The summed E-state index contributed by atoms with van der Waals surface area (Å²) in [6, 6.07) is 0.375. The first-order valence-corrected chi connectivity index (χ1v) is 6.48. The van der Waals surface area contributed by atoms with Crippen LogP contribution in [0.1, 0.15) is 6.92 Å². The highest BCUT2D eigenvalue weighted by atomic mass is 32.2. The molecule has 1 aromatic heterocycles. The first-order chi connectivity index (χ1) is 6.87. The molecule has 0 saturated heterocycles. The molecule has 84 valence electrons. The predicted octanol–water partition coefficient (Wildman–Crippen LogP) is 0.842. The quantitative estimate of drug-likeness (QED) is 0.858. The molecule has 0 aliphatic heterocycles. The van der Waals surface area contributed by atoms with Crippen molar-refractivity contribution in [1.29, 1.82) is 0 Å². The zero-order valence-electron chi connectivity index (χ0n) is 8.25. The highest BCUT2D eigenvalue weighted by Crippen LogP contribution is 2.18. The molecule has 1 atom stereocenters. The van der Waals surface area contributed by atoms with Gasteiger partial charge in [-0.2, -0.15) is 15.6 Å². The monoisotopic (exact) mass is 249 g/mol. The standard InChI is InChI=1S/C8H11NO4S2/c1-6(8(10)11)9(2)15(12,13)7-3-4-14-5-7/h3-6H,1-2H3,(H,10,11). The summed E-state index contributed by atoms with van der Waals surface area (Å²) >= 11 is 1.25. The Balaban J connectivity index is 3.03. The van der Waals surface area contributed by atoms with E-state index in [1.165, 1.54) is 36.8 Å². The third-order valence-corrected chi connectivity index (χ3v) is 4.83. The van der Waals surface area contributed by atoms with Crippen LogP contribution < -0.4 is 0 Å². The number of likely N-dealkylation sites (N-methyl/N-ethyl adjacent to an activating group) is 1. The van der Waals surface area contributed by atoms with Crippen molar-refractivity contribution in [3.05, 3.63) is 16.8 Å². The number of hydrogen-bond acceptors (Lipinski definition) is 4. The average Bonchev–Trinajstić information content (AvgIpc) is 2.68. The Morgan fingerprint density at radius 2 is 2.20 bits per heavy atom. The maximum absolute atomic E-state index is 11.8. The van der Waals surface area contributed by atoms with Crippen LogP contribution in [0.4, 0.5) is 0 Å². The number of rotatable bonds is 4. The van der Waals surface area contributed by atoms with Crippen LogP contribution >= 0.6 is 11.3 Å². The van der Waals surface area contributed by atoms with E-state index in [4.69, 9.17) is 5.11 Å². The van der Waals surface area contributed by atoms with Crippen LogP contribution in [0.15, 0.2) is 21.7 Å². The Bertz CT molecular complexity index is 437. The Hall–Kier alpha value is -0.920. The topological polar surface area (TPSA) is 74.7 Å². The average molecular weight is 249 g/mol. The van der Waals surface area contributed by atoms with E-state index in [2.05, 4.69) is 0 Å². The smallest absolute Gasteiger partial charge is 0.321 e. The molecule has 0 saturated carbocycles. The summed E-state index contributed by atoms with van der Waals surface area (Å²) < 4.78 is 24.5. The summed E-state index contributed by atoms with van der Waals surface area (Å²) in [6.07, 6.45) is 0. The van der Waals surface area contributed by atoms with Gasteiger partial charge >= 0.3 is 5.97 Å². The van der Waals surface area contributed by atoms with Crippen molar-refractivity contribution in [3.63, 3.8) is 0 Å². The molecule has 0 aliphatic carbocycles. The van der Waals surface area contributed by atoms with E-state index in [1.54, 1.807) is 5.38 Å². The van der Waals surface area contributed by atoms with Crippen molar-refractivity contribution >= 4 is 27.3 Å². The second kappa shape index (κ2) is 4.30. The first-order valence-electron chi connectivity index (χ1n) is 4.10. The molecule has 0 fully saturated rings. The van der Waals surface area contributed by atoms with E-state index >= 15 is 0 Å². The summed E-state index contributed by atoms with van der Waals surface area (Å²) in [6.45, 7) is 1.33. The van der Waals surface area contributed by atoms with Gasteiger partial charge in [-0.25, -0.2) is 8.42 Å². The van der Waals surface area contributed by atoms with Crippen molar-refractivity contribution in [3.8, 4) is 0 Å². The summed E-state index contributed by atoms with van der Waals surface area (Å²) in [4.78, 5) is 10.8. The van der Waals surface area contributed by atoms with E-state index in [0.29, 0.717) is 0 Å². The van der Waals surface area contributed by atoms with Crippen molar-refractivity contribution in [1.82, 2.24) is 4.31 Å². The van der Waals surface area contributed by atoms with Gasteiger partial charge in [-0.05, 0) is 18.4 Å². The molecule has 1 aromatic rings. The summed E-state index contributed by atoms with van der Waals surface area (Å²) in [5.41, 5.74) is 0. The number of carboxylic acids is 1. The molecular weight excluding hydrogens is 238 g/mol. The lowest BCUT2D eigenvalue weighted by Gasteiger charge is -2.20. The van der Waals surface area contributed by atoms with Gasteiger partial charge in [0.15, 0.2) is 0 Å². The lowest BCUT2D eigenvalue weighted by molar-refractivity contribution is -0.140. The summed E-state index contributed by atoms with van der Waals surface area (Å²) in [7, 11) is -2.42. The Labute approximate surface area is 92.0 Å². The van der Waals surface area contributed by atoms with Gasteiger partial charge in [0.25, 0.3) is 0 Å². The van der Waals surface area contributed by atoms with Crippen LogP contribution in [0, 0.1) is 0 Å². The molecule has 1 heterocycles. The van der Waals surface area contributed by atoms with Gasteiger partial charge < -0.3 is 5.11 Å². The van der Waals surface area contributed by atoms with Crippen LogP contribution in [0.2, 0.25) is 0 Å². The van der Waals surface area contributed by atoms with Gasteiger partial charge in [0.2, 0.25) is 10.0 Å². The van der Waals surface area contributed by atoms with Crippen LogP contribution in [-0.2, 0) is 14.8 Å². The summed E-state index contributed by atoms with van der Waals surface area (Å²) in [5.74, 6) is -1.17. The molecule has 1 rings (SSSR count). The molecule has 5 nitrogen and oxygen atoms in total. The fourth-order valence-corrected chi connectivity index (χ4v) is 3.26. The molecule has 15 heavy (non-hydrogen) atoms. The minimum Gasteiger partial charge on any atom is -0.480 e. The van der Waals surface area contributed by atoms with Gasteiger partial charge in [-0.1, -0.05) is 0 Å². The Morgan fingerprint density at radius 3 is 2.60 bits per heavy atom. The lowest BCUT2D eigenvalue weighted by atomic mass is 10.4. The minimum atomic E-state index is -3.68. The number of nitrogens with zero attached hydrogens (tertiary/aromatic N) is 1. The van der Waals surface area contributed by atoms with Crippen molar-refractivity contribution < 1.29 is 18.3 Å². The zero-order chi connectivity index (χ0) is 11.6. The number of sulfonamides is 1. The van der Waals surface area contributed by atoms with Crippen LogP contribution in [0.5, 0.6) is 0 Å². The second-order valence-electron chi connectivity index (χ2n) is 2.99. The van der Waals surface area contributed by atoms with Crippen molar-refractivity contribution in [2.45, 2.75) is 17.9 Å². The molecule has 1 unspecified atom stereocenters. The largest absolute Gasteiger partial charge is 0.480 e. The summed E-state index contributed by atoms with van der Waals surface area (Å²) in [5, 5.41) is 11.8. The van der Waals surface area contributed by atoms with Gasteiger partial charge in [-0.15, -0.1) is 0 Å². The van der Waals surface area contributed by atoms with Gasteiger partial charge in [-0.3, -0.25) is 4.79 Å². The maximum atomic E-state index is 11.8. The van der Waals surface area contributed by atoms with E-state index in [0.717, 1.165) is 4.31 Å². The zero-order valence-corrected chi connectivity index (χ0v) is 9.88. The number of carbonyl (C=O) groups is 1. The molecule has 7 heteroatoms. The highest BCUT2D eigenvalue weighted by Gasteiger charge is 2.29. The normalized spacial score (nSPS) is 14.1. The predicted molar refractivity (Wildman–Crippen MR) is 56.4 cm³/mol. The van der Waals surface area contributed by atoms with Gasteiger partial charge in [0.1, 0.15) is 6.04 Å². The second-order valence-corrected chi connectivity index (χ2v) is 5.77. The van der Waals surface area contributed by atoms with E-state index < -0.39 is 22.0 Å². The van der Waals surface area contributed by atoms with Gasteiger partial charge in [0, 0.05) is 12.4 Å². The fourth-order valence-electron chi connectivity index (χ4n) is 0.929. The van der Waals surface area contributed by atoms with E-state index in [9.17, 15) is 13.2 Å². The van der Waals surface area contributed by atoms with Crippen molar-refractivity contribution in [2.75, 3.05) is 7.05 Å². The third kappa shape index (κ3) is 2.36. The number of carboxylic acid groups (broad SMARTS) is 1. The van der Waals surface area contributed by atoms with Crippen LogP contribution in [0.25, 0.3) is 0 Å². The minimum absolute atomic E-state index is 0.128. The molecule has 0 radical (unpaired) electrons. The molecule has 0 bridgehead atoms. The molecule has 0 amide bonds. The number of hydrogen-bond donors (Lipinski definition) is 1. The SMILES string of the molecule is CC(C(=O)O)N(C)S(=O)(=O)c1ccsc1. The molecule has 0 aromatic carbocycles. The number of thiophene rings is 1. The van der Waals surface area contributed by atoms with Gasteiger partial charge in [0.05, 0.1) is 4.90 Å². The number of aliphatic carboxylic acids is 1. The van der Waals surface area contributed by atoms with Crippen LogP contribution in [0.3, 0.4) is 0 Å². The molecule has 0 aliphatic rings. The first kappa shape index (κ1) is 12.2. The highest BCUT2D eigenvalue weighted by molar-refractivity contribution is 7.89. The molecule has 0 spiro atoms.